The molecule has 0 aromatic heterocycles. The molecule has 120 valence electrons. The minimum atomic E-state index is -0.531. The summed E-state index contributed by atoms with van der Waals surface area (Å²) in [6.07, 6.45) is 0.978. The van der Waals surface area contributed by atoms with Crippen molar-refractivity contribution in [2.24, 2.45) is 0 Å². The molecule has 1 aromatic carbocycles. The van der Waals surface area contributed by atoms with Crippen molar-refractivity contribution in [1.82, 2.24) is 5.32 Å². The molecule has 0 spiro atoms. The smallest absolute Gasteiger partial charge is 0.407 e. The molecule has 1 aliphatic rings. The number of hydrogen-bond donors (Lipinski definition) is 1. The third kappa shape index (κ3) is 3.84. The van der Waals surface area contributed by atoms with Crippen LogP contribution in [0.5, 0.6) is 0 Å². The molecule has 1 amide bonds. The number of piperidine rings is 1. The number of amides is 1. The number of nitrogens with zero attached hydrogens (tertiary/aromatic N) is 2. The van der Waals surface area contributed by atoms with Crippen LogP contribution in [0.4, 0.5) is 20.6 Å². The van der Waals surface area contributed by atoms with Crippen LogP contribution in [0.15, 0.2) is 18.2 Å². The van der Waals surface area contributed by atoms with Gasteiger partial charge in [0.15, 0.2) is 0 Å². The average molecular weight is 311 g/mol. The Hall–Kier alpha value is -2.38. The Balaban J connectivity index is 2.14. The fourth-order valence-electron chi connectivity index (χ4n) is 2.56. The van der Waals surface area contributed by atoms with Gasteiger partial charge in [-0.1, -0.05) is 0 Å². The Kier molecular flexibility index (Phi) is 5.13. The van der Waals surface area contributed by atoms with Crippen LogP contribution in [0.25, 0.3) is 0 Å². The number of carbonyl (C=O) groups is 1. The zero-order valence-corrected chi connectivity index (χ0v) is 12.3. The van der Waals surface area contributed by atoms with Crippen LogP contribution in [0, 0.1) is 15.9 Å². The van der Waals surface area contributed by atoms with Gasteiger partial charge in [-0.2, -0.15) is 0 Å². The first-order valence-electron chi connectivity index (χ1n) is 7.13. The third-order valence-electron chi connectivity index (χ3n) is 3.49. The molecule has 8 heteroatoms. The van der Waals surface area contributed by atoms with E-state index in [1.54, 1.807) is 11.8 Å². The SMILES string of the molecule is CCOC(=O)NC1CCCN(c2cc(F)ccc2[N+](=O)[O-])C1. The number of ether oxygens (including phenoxy) is 1. The Morgan fingerprint density at radius 1 is 1.59 bits per heavy atom. The van der Waals surface area contributed by atoms with Crippen molar-refractivity contribution in [2.75, 3.05) is 24.6 Å². The zero-order valence-electron chi connectivity index (χ0n) is 12.3. The maximum Gasteiger partial charge on any atom is 0.407 e. The predicted molar refractivity (Wildman–Crippen MR) is 78.4 cm³/mol. The molecular formula is C14H18FN3O4. The molecular weight excluding hydrogens is 293 g/mol. The molecule has 0 aliphatic carbocycles. The topological polar surface area (TPSA) is 84.7 Å². The summed E-state index contributed by atoms with van der Waals surface area (Å²) in [6.45, 7) is 2.94. The highest BCUT2D eigenvalue weighted by molar-refractivity contribution is 5.68. The molecule has 1 saturated heterocycles. The van der Waals surface area contributed by atoms with Gasteiger partial charge in [-0.3, -0.25) is 10.1 Å². The van der Waals surface area contributed by atoms with Crippen LogP contribution in [0.2, 0.25) is 0 Å². The van der Waals surface area contributed by atoms with E-state index < -0.39 is 16.8 Å². The van der Waals surface area contributed by atoms with Crippen molar-refractivity contribution in [3.05, 3.63) is 34.1 Å². The standard InChI is InChI=1S/C14H18FN3O4/c1-2-22-14(19)16-11-4-3-7-17(9-11)13-8-10(15)5-6-12(13)18(20)21/h5-6,8,11H,2-4,7,9H2,1H3,(H,16,19). The number of rotatable bonds is 4. The number of anilines is 1. The monoisotopic (exact) mass is 311 g/mol. The molecule has 2 rings (SSSR count). The van der Waals surface area contributed by atoms with E-state index in [0.29, 0.717) is 13.1 Å². The maximum atomic E-state index is 13.4. The van der Waals surface area contributed by atoms with E-state index in [-0.39, 0.29) is 24.0 Å². The molecule has 1 N–H and O–H groups in total. The number of nitrogens with one attached hydrogen (secondary N) is 1. The van der Waals surface area contributed by atoms with Crippen molar-refractivity contribution in [1.29, 1.82) is 0 Å². The summed E-state index contributed by atoms with van der Waals surface area (Å²) in [5.41, 5.74) is 0.0959. The van der Waals surface area contributed by atoms with Crippen LogP contribution < -0.4 is 10.2 Å². The van der Waals surface area contributed by atoms with E-state index in [2.05, 4.69) is 5.32 Å². The van der Waals surface area contributed by atoms with Gasteiger partial charge in [0.2, 0.25) is 0 Å². The Bertz CT molecular complexity index is 567. The molecule has 7 nitrogen and oxygen atoms in total. The fraction of sp³-hybridized carbons (Fsp3) is 0.500. The van der Waals surface area contributed by atoms with Crippen molar-refractivity contribution in [3.8, 4) is 0 Å². The van der Waals surface area contributed by atoms with E-state index in [9.17, 15) is 19.3 Å². The molecule has 1 aromatic rings. The number of hydrogen-bond acceptors (Lipinski definition) is 5. The summed E-state index contributed by atoms with van der Waals surface area (Å²) in [5, 5.41) is 13.8. The predicted octanol–water partition coefficient (Wildman–Crippen LogP) is 2.45. The highest BCUT2D eigenvalue weighted by atomic mass is 19.1. The van der Waals surface area contributed by atoms with Gasteiger partial charge >= 0.3 is 6.09 Å². The van der Waals surface area contributed by atoms with E-state index in [0.717, 1.165) is 31.0 Å². The van der Waals surface area contributed by atoms with Crippen LogP contribution in [-0.4, -0.2) is 36.8 Å². The number of alkyl carbamates (subject to hydrolysis) is 1. The summed E-state index contributed by atoms with van der Waals surface area (Å²) in [4.78, 5) is 23.7. The van der Waals surface area contributed by atoms with Gasteiger partial charge < -0.3 is 15.0 Å². The van der Waals surface area contributed by atoms with E-state index >= 15 is 0 Å². The number of carbonyl (C=O) groups excluding carboxylic acids is 1. The number of benzene rings is 1. The van der Waals surface area contributed by atoms with Gasteiger partial charge in [-0.25, -0.2) is 9.18 Å². The highest BCUT2D eigenvalue weighted by Crippen LogP contribution is 2.31. The molecule has 0 bridgehead atoms. The lowest BCUT2D eigenvalue weighted by Crippen LogP contribution is -2.48. The second kappa shape index (κ2) is 7.06. The molecule has 1 fully saturated rings. The molecule has 22 heavy (non-hydrogen) atoms. The van der Waals surface area contributed by atoms with Gasteiger partial charge in [0.1, 0.15) is 11.5 Å². The van der Waals surface area contributed by atoms with Gasteiger partial charge in [0, 0.05) is 31.3 Å². The lowest BCUT2D eigenvalue weighted by molar-refractivity contribution is -0.384. The summed E-state index contributed by atoms with van der Waals surface area (Å²) in [7, 11) is 0. The van der Waals surface area contributed by atoms with Crippen molar-refractivity contribution < 1.29 is 18.8 Å². The lowest BCUT2D eigenvalue weighted by atomic mass is 10.0. The quantitative estimate of drug-likeness (QED) is 0.682. The lowest BCUT2D eigenvalue weighted by Gasteiger charge is -2.34. The molecule has 1 unspecified atom stereocenters. The Morgan fingerprint density at radius 2 is 2.36 bits per heavy atom. The minimum Gasteiger partial charge on any atom is -0.450 e. The van der Waals surface area contributed by atoms with Crippen molar-refractivity contribution >= 4 is 17.5 Å². The second-order valence-electron chi connectivity index (χ2n) is 5.04. The first-order valence-corrected chi connectivity index (χ1v) is 7.13. The van der Waals surface area contributed by atoms with Gasteiger partial charge in [-0.05, 0) is 25.8 Å². The minimum absolute atomic E-state index is 0.141. The van der Waals surface area contributed by atoms with Crippen molar-refractivity contribution in [3.63, 3.8) is 0 Å². The summed E-state index contributed by atoms with van der Waals surface area (Å²) in [6, 6.07) is 3.20. The van der Waals surface area contributed by atoms with E-state index in [1.165, 1.54) is 0 Å². The highest BCUT2D eigenvalue weighted by Gasteiger charge is 2.27. The normalized spacial score (nSPS) is 17.9. The molecule has 0 radical (unpaired) electrons. The summed E-state index contributed by atoms with van der Waals surface area (Å²) in [5.74, 6) is -0.527. The maximum absolute atomic E-state index is 13.4. The average Bonchev–Trinajstić information content (AvgIpc) is 2.47. The molecule has 1 aliphatic heterocycles. The first kappa shape index (κ1) is 16.0. The van der Waals surface area contributed by atoms with Crippen LogP contribution in [0.3, 0.4) is 0 Å². The molecule has 0 saturated carbocycles. The van der Waals surface area contributed by atoms with E-state index in [4.69, 9.17) is 4.74 Å². The van der Waals surface area contributed by atoms with Crippen LogP contribution in [0.1, 0.15) is 19.8 Å². The molecule has 1 heterocycles. The third-order valence-corrected chi connectivity index (χ3v) is 3.49. The van der Waals surface area contributed by atoms with Gasteiger partial charge in [0.25, 0.3) is 5.69 Å². The summed E-state index contributed by atoms with van der Waals surface area (Å²) < 4.78 is 18.3. The van der Waals surface area contributed by atoms with Crippen LogP contribution in [-0.2, 0) is 4.74 Å². The second-order valence-corrected chi connectivity index (χ2v) is 5.04. The molecule has 1 atom stereocenters. The first-order chi connectivity index (χ1) is 10.5. The number of nitro groups is 1. The Labute approximate surface area is 127 Å². The van der Waals surface area contributed by atoms with E-state index in [1.807, 2.05) is 0 Å². The zero-order chi connectivity index (χ0) is 16.1. The van der Waals surface area contributed by atoms with Gasteiger partial charge in [-0.15, -0.1) is 0 Å². The van der Waals surface area contributed by atoms with Gasteiger partial charge in [0.05, 0.1) is 11.5 Å². The van der Waals surface area contributed by atoms with Crippen molar-refractivity contribution in [2.45, 2.75) is 25.8 Å². The number of nitro benzene ring substituents is 1. The summed E-state index contributed by atoms with van der Waals surface area (Å²) >= 11 is 0. The number of halogens is 1. The largest absolute Gasteiger partial charge is 0.450 e. The Morgan fingerprint density at radius 3 is 3.05 bits per heavy atom. The van der Waals surface area contributed by atoms with Crippen LogP contribution >= 0.6 is 0 Å². The fourth-order valence-corrected chi connectivity index (χ4v) is 2.56.